The second-order valence-electron chi connectivity index (χ2n) is 7.06. The summed E-state index contributed by atoms with van der Waals surface area (Å²) in [5, 5.41) is 3.02. The standard InChI is InChI=1S/C23H22ClFN2O5S/c1-15(16-3-5-17(25)6-4-16)26-23(28)14-32-19-8-10-20(11-9-19)33(29,30)27-18-7-12-22(31-2)21(24)13-18/h3-13,15,27H,14H2,1-2H3,(H,26,28)/t15-/m1/s1. The third-order valence-electron chi connectivity index (χ3n) is 4.66. The molecule has 3 rings (SSSR count). The van der Waals surface area contributed by atoms with Crippen molar-refractivity contribution in [1.82, 2.24) is 5.32 Å². The Morgan fingerprint density at radius 2 is 1.73 bits per heavy atom. The van der Waals surface area contributed by atoms with Crippen LogP contribution in [-0.4, -0.2) is 28.0 Å². The summed E-state index contributed by atoms with van der Waals surface area (Å²) in [5.41, 5.74) is 1.04. The molecule has 0 aliphatic heterocycles. The highest BCUT2D eigenvalue weighted by Crippen LogP contribution is 2.28. The summed E-state index contributed by atoms with van der Waals surface area (Å²) in [4.78, 5) is 12.1. The highest BCUT2D eigenvalue weighted by molar-refractivity contribution is 7.92. The van der Waals surface area contributed by atoms with Gasteiger partial charge in [0.05, 0.1) is 28.8 Å². The van der Waals surface area contributed by atoms with E-state index in [9.17, 15) is 17.6 Å². The number of hydrogen-bond donors (Lipinski definition) is 2. The quantitative estimate of drug-likeness (QED) is 0.457. The lowest BCUT2D eigenvalue weighted by atomic mass is 10.1. The van der Waals surface area contributed by atoms with Crippen molar-refractivity contribution >= 4 is 33.2 Å². The van der Waals surface area contributed by atoms with Crippen LogP contribution in [0.2, 0.25) is 5.02 Å². The van der Waals surface area contributed by atoms with Crippen LogP contribution in [-0.2, 0) is 14.8 Å². The van der Waals surface area contributed by atoms with E-state index in [0.29, 0.717) is 11.5 Å². The molecule has 0 saturated heterocycles. The number of ether oxygens (including phenoxy) is 2. The van der Waals surface area contributed by atoms with Gasteiger partial charge in [0.2, 0.25) is 0 Å². The molecule has 1 atom stereocenters. The van der Waals surface area contributed by atoms with Crippen LogP contribution in [0.3, 0.4) is 0 Å². The number of amides is 1. The Balaban J connectivity index is 1.56. The predicted octanol–water partition coefficient (Wildman–Crippen LogP) is 4.54. The van der Waals surface area contributed by atoms with Crippen LogP contribution in [0.25, 0.3) is 0 Å². The monoisotopic (exact) mass is 492 g/mol. The van der Waals surface area contributed by atoms with E-state index in [-0.39, 0.29) is 40.0 Å². The number of carbonyl (C=O) groups excluding carboxylic acids is 1. The molecule has 33 heavy (non-hydrogen) atoms. The van der Waals surface area contributed by atoms with Crippen molar-refractivity contribution in [3.8, 4) is 11.5 Å². The molecule has 0 aromatic heterocycles. The second kappa shape index (κ2) is 10.5. The van der Waals surface area contributed by atoms with Gasteiger partial charge in [0.1, 0.15) is 17.3 Å². The summed E-state index contributed by atoms with van der Waals surface area (Å²) >= 11 is 6.03. The van der Waals surface area contributed by atoms with E-state index in [1.807, 2.05) is 0 Å². The molecule has 2 N–H and O–H groups in total. The Morgan fingerprint density at radius 1 is 1.06 bits per heavy atom. The van der Waals surface area contributed by atoms with Crippen LogP contribution in [0.5, 0.6) is 11.5 Å². The molecule has 3 aromatic rings. The molecule has 174 valence electrons. The lowest BCUT2D eigenvalue weighted by Gasteiger charge is -2.15. The number of nitrogens with one attached hydrogen (secondary N) is 2. The summed E-state index contributed by atoms with van der Waals surface area (Å²) in [6, 6.07) is 15.7. The molecule has 0 aliphatic rings. The molecule has 0 saturated carbocycles. The largest absolute Gasteiger partial charge is 0.495 e. The van der Waals surface area contributed by atoms with Gasteiger partial charge in [-0.2, -0.15) is 0 Å². The van der Waals surface area contributed by atoms with Crippen molar-refractivity contribution in [3.63, 3.8) is 0 Å². The smallest absolute Gasteiger partial charge is 0.261 e. The maximum Gasteiger partial charge on any atom is 0.261 e. The van der Waals surface area contributed by atoms with Crippen molar-refractivity contribution in [3.05, 3.63) is 83.1 Å². The van der Waals surface area contributed by atoms with Crippen molar-refractivity contribution < 1.29 is 27.1 Å². The number of rotatable bonds is 9. The van der Waals surface area contributed by atoms with Gasteiger partial charge in [-0.3, -0.25) is 9.52 Å². The lowest BCUT2D eigenvalue weighted by molar-refractivity contribution is -0.123. The van der Waals surface area contributed by atoms with Crippen LogP contribution in [0.15, 0.2) is 71.6 Å². The van der Waals surface area contributed by atoms with Gasteiger partial charge in [-0.05, 0) is 67.1 Å². The number of hydrogen-bond acceptors (Lipinski definition) is 5. The van der Waals surface area contributed by atoms with Gasteiger partial charge in [-0.15, -0.1) is 0 Å². The number of methoxy groups -OCH3 is 1. The van der Waals surface area contributed by atoms with Gasteiger partial charge >= 0.3 is 0 Å². The maximum atomic E-state index is 13.0. The van der Waals surface area contributed by atoms with Crippen molar-refractivity contribution in [2.24, 2.45) is 0 Å². The van der Waals surface area contributed by atoms with Gasteiger partial charge < -0.3 is 14.8 Å². The highest BCUT2D eigenvalue weighted by atomic mass is 35.5. The lowest BCUT2D eigenvalue weighted by Crippen LogP contribution is -2.31. The Kier molecular flexibility index (Phi) is 7.78. The van der Waals surface area contributed by atoms with E-state index in [2.05, 4.69) is 10.0 Å². The van der Waals surface area contributed by atoms with E-state index in [1.165, 1.54) is 55.6 Å². The number of carbonyl (C=O) groups is 1. The minimum atomic E-state index is -3.86. The van der Waals surface area contributed by atoms with Crippen LogP contribution < -0.4 is 19.5 Å². The zero-order valence-electron chi connectivity index (χ0n) is 17.8. The van der Waals surface area contributed by atoms with Gasteiger partial charge in [0.25, 0.3) is 15.9 Å². The average molecular weight is 493 g/mol. The molecule has 1 amide bonds. The fraction of sp³-hybridized carbons (Fsp3) is 0.174. The molecule has 7 nitrogen and oxygen atoms in total. The molecule has 0 unspecified atom stereocenters. The molecule has 0 spiro atoms. The summed E-state index contributed by atoms with van der Waals surface area (Å²) in [6.45, 7) is 1.51. The molecule has 0 bridgehead atoms. The van der Waals surface area contributed by atoms with Crippen LogP contribution in [0.1, 0.15) is 18.5 Å². The van der Waals surface area contributed by atoms with Gasteiger partial charge in [-0.1, -0.05) is 23.7 Å². The summed E-state index contributed by atoms with van der Waals surface area (Å²) in [5.74, 6) is 0.0267. The molecule has 3 aromatic carbocycles. The van der Waals surface area contributed by atoms with Crippen LogP contribution >= 0.6 is 11.6 Å². The van der Waals surface area contributed by atoms with Crippen molar-refractivity contribution in [2.45, 2.75) is 17.9 Å². The van der Waals surface area contributed by atoms with E-state index in [0.717, 1.165) is 5.56 Å². The summed E-state index contributed by atoms with van der Waals surface area (Å²) in [7, 11) is -2.40. The summed E-state index contributed by atoms with van der Waals surface area (Å²) in [6.07, 6.45) is 0. The van der Waals surface area contributed by atoms with Gasteiger partial charge in [0, 0.05) is 0 Å². The number of benzene rings is 3. The first-order valence-electron chi connectivity index (χ1n) is 9.82. The minimum absolute atomic E-state index is 0.0103. The fourth-order valence-electron chi connectivity index (χ4n) is 2.93. The molecule has 10 heteroatoms. The SMILES string of the molecule is COc1ccc(NS(=O)(=O)c2ccc(OCC(=O)N[C@H](C)c3ccc(F)cc3)cc2)cc1Cl. The number of halogens is 2. The Hall–Kier alpha value is -3.30. The molecule has 0 heterocycles. The Morgan fingerprint density at radius 3 is 2.33 bits per heavy atom. The van der Waals surface area contributed by atoms with Crippen molar-refractivity contribution in [1.29, 1.82) is 0 Å². The van der Waals surface area contributed by atoms with Gasteiger partial charge in [0.15, 0.2) is 6.61 Å². The zero-order valence-corrected chi connectivity index (χ0v) is 19.4. The highest BCUT2D eigenvalue weighted by Gasteiger charge is 2.16. The minimum Gasteiger partial charge on any atom is -0.495 e. The van der Waals surface area contributed by atoms with E-state index >= 15 is 0 Å². The van der Waals surface area contributed by atoms with E-state index in [4.69, 9.17) is 21.1 Å². The van der Waals surface area contributed by atoms with Gasteiger partial charge in [-0.25, -0.2) is 12.8 Å². The first-order valence-corrected chi connectivity index (χ1v) is 11.7. The topological polar surface area (TPSA) is 93.7 Å². The third kappa shape index (κ3) is 6.59. The molecule has 0 fully saturated rings. The number of anilines is 1. The first-order chi connectivity index (χ1) is 15.7. The Labute approximate surface area is 196 Å². The molecular formula is C23H22ClFN2O5S. The normalized spacial score (nSPS) is 12.0. The zero-order chi connectivity index (χ0) is 24.0. The Bertz CT molecular complexity index is 1220. The van der Waals surface area contributed by atoms with Crippen LogP contribution in [0, 0.1) is 5.82 Å². The second-order valence-corrected chi connectivity index (χ2v) is 9.15. The number of sulfonamides is 1. The predicted molar refractivity (Wildman–Crippen MR) is 124 cm³/mol. The van der Waals surface area contributed by atoms with E-state index < -0.39 is 10.0 Å². The first kappa shape index (κ1) is 24.3. The molecule has 0 aliphatic carbocycles. The maximum absolute atomic E-state index is 13.0. The molecule has 0 radical (unpaired) electrons. The van der Waals surface area contributed by atoms with Crippen molar-refractivity contribution in [2.75, 3.05) is 18.4 Å². The average Bonchev–Trinajstić information content (AvgIpc) is 2.78. The van der Waals surface area contributed by atoms with Crippen LogP contribution in [0.4, 0.5) is 10.1 Å². The summed E-state index contributed by atoms with van der Waals surface area (Å²) < 4.78 is 51.2. The third-order valence-corrected chi connectivity index (χ3v) is 6.35. The molecular weight excluding hydrogens is 471 g/mol. The van der Waals surface area contributed by atoms with E-state index in [1.54, 1.807) is 25.1 Å². The fourth-order valence-corrected chi connectivity index (χ4v) is 4.23.